The fraction of sp³-hybridized carbons (Fsp3) is 0.429. The molecule has 102 valence electrons. The fourth-order valence-electron chi connectivity index (χ4n) is 1.79. The van der Waals surface area contributed by atoms with Crippen LogP contribution < -0.4 is 0 Å². The van der Waals surface area contributed by atoms with Crippen LogP contribution in [0.5, 0.6) is 0 Å². The lowest BCUT2D eigenvalue weighted by Gasteiger charge is -2.26. The quantitative estimate of drug-likeness (QED) is 0.730. The topological polar surface area (TPSA) is 55.8 Å². The van der Waals surface area contributed by atoms with Crippen molar-refractivity contribution < 1.29 is 19.1 Å². The average Bonchev–Trinajstić information content (AvgIpc) is 2.70. The van der Waals surface area contributed by atoms with Gasteiger partial charge in [0.15, 0.2) is 0 Å². The van der Waals surface area contributed by atoms with Gasteiger partial charge in [0.25, 0.3) is 0 Å². The number of hydrogen-bond donors (Lipinski definition) is 0. The van der Waals surface area contributed by atoms with Crippen molar-refractivity contribution in [1.29, 1.82) is 0 Å². The Bertz CT molecular complexity index is 478. The van der Waals surface area contributed by atoms with E-state index >= 15 is 0 Å². The Hall–Kier alpha value is -2.04. The number of nitrogens with zero attached hydrogens (tertiary/aromatic N) is 1. The third-order valence-corrected chi connectivity index (χ3v) is 2.54. The van der Waals surface area contributed by atoms with Crippen molar-refractivity contribution in [2.75, 3.05) is 6.54 Å². The largest absolute Gasteiger partial charge is 0.444 e. The van der Waals surface area contributed by atoms with Crippen molar-refractivity contribution in [3.8, 4) is 0 Å². The summed E-state index contributed by atoms with van der Waals surface area (Å²) in [5.41, 5.74) is 0.142. The number of carbonyl (C=O) groups excluding carboxylic acids is 2. The van der Waals surface area contributed by atoms with E-state index in [1.165, 1.54) is 4.90 Å². The average molecular weight is 263 g/mol. The smallest absolute Gasteiger partial charge is 0.414 e. The molecule has 0 aliphatic carbocycles. The first-order valence-corrected chi connectivity index (χ1v) is 6.11. The zero-order valence-corrected chi connectivity index (χ0v) is 11.3. The molecular weight excluding hydrogens is 246 g/mol. The Morgan fingerprint density at radius 3 is 2.53 bits per heavy atom. The molecule has 0 spiro atoms. The summed E-state index contributed by atoms with van der Waals surface area (Å²) in [5, 5.41) is 0. The predicted octanol–water partition coefficient (Wildman–Crippen LogP) is 2.48. The standard InChI is InChI=1S/C14H17NO4/c1-14(2,3)19-13(17)15-9-11(16)18-12(15)10-7-5-4-6-8-10/h4-8,12H,9H2,1-3H3. The van der Waals surface area contributed by atoms with E-state index in [1.54, 1.807) is 32.9 Å². The van der Waals surface area contributed by atoms with E-state index in [0.717, 1.165) is 5.56 Å². The highest BCUT2D eigenvalue weighted by atomic mass is 16.6. The van der Waals surface area contributed by atoms with Gasteiger partial charge in [0.2, 0.25) is 6.23 Å². The van der Waals surface area contributed by atoms with Crippen LogP contribution in [0.1, 0.15) is 32.6 Å². The van der Waals surface area contributed by atoms with Gasteiger partial charge >= 0.3 is 12.1 Å². The fourth-order valence-corrected chi connectivity index (χ4v) is 1.79. The number of cyclic esters (lactones) is 1. The second-order valence-electron chi connectivity index (χ2n) is 5.36. The number of carbonyl (C=O) groups is 2. The molecule has 1 aromatic carbocycles. The molecule has 1 unspecified atom stereocenters. The lowest BCUT2D eigenvalue weighted by atomic mass is 10.2. The second kappa shape index (κ2) is 4.91. The summed E-state index contributed by atoms with van der Waals surface area (Å²) in [4.78, 5) is 24.8. The summed E-state index contributed by atoms with van der Waals surface area (Å²) >= 11 is 0. The maximum Gasteiger partial charge on any atom is 0.414 e. The van der Waals surface area contributed by atoms with Gasteiger partial charge in [0.05, 0.1) is 0 Å². The van der Waals surface area contributed by atoms with Crippen LogP contribution in [0.15, 0.2) is 30.3 Å². The molecule has 0 N–H and O–H groups in total. The Kier molecular flexibility index (Phi) is 3.46. The number of esters is 1. The van der Waals surface area contributed by atoms with Crippen LogP contribution in [0.4, 0.5) is 4.79 Å². The molecule has 1 atom stereocenters. The van der Waals surface area contributed by atoms with E-state index in [9.17, 15) is 9.59 Å². The maximum atomic E-state index is 12.1. The summed E-state index contributed by atoms with van der Waals surface area (Å²) in [6.45, 7) is 5.25. The highest BCUT2D eigenvalue weighted by Crippen LogP contribution is 2.28. The molecule has 2 rings (SSSR count). The number of hydrogen-bond acceptors (Lipinski definition) is 4. The van der Waals surface area contributed by atoms with Crippen LogP contribution in [-0.4, -0.2) is 29.1 Å². The van der Waals surface area contributed by atoms with E-state index in [2.05, 4.69) is 0 Å². The summed E-state index contributed by atoms with van der Waals surface area (Å²) < 4.78 is 10.5. The van der Waals surface area contributed by atoms with E-state index in [1.807, 2.05) is 18.2 Å². The molecule has 1 aliphatic rings. The van der Waals surface area contributed by atoms with Crippen LogP contribution in [0.2, 0.25) is 0 Å². The lowest BCUT2D eigenvalue weighted by molar-refractivity contribution is -0.141. The van der Waals surface area contributed by atoms with Crippen molar-refractivity contribution in [2.24, 2.45) is 0 Å². The monoisotopic (exact) mass is 263 g/mol. The summed E-state index contributed by atoms with van der Waals surface area (Å²) in [6, 6.07) is 9.13. The molecule has 1 amide bonds. The molecule has 0 radical (unpaired) electrons. The van der Waals surface area contributed by atoms with E-state index in [4.69, 9.17) is 9.47 Å². The van der Waals surface area contributed by atoms with E-state index in [-0.39, 0.29) is 6.54 Å². The van der Waals surface area contributed by atoms with Gasteiger partial charge in [-0.25, -0.2) is 4.79 Å². The van der Waals surface area contributed by atoms with Gasteiger partial charge in [0, 0.05) is 5.56 Å². The zero-order valence-electron chi connectivity index (χ0n) is 11.3. The minimum atomic E-state index is -0.705. The number of amides is 1. The Balaban J connectivity index is 2.19. The molecule has 1 fully saturated rings. The van der Waals surface area contributed by atoms with Crippen molar-refractivity contribution in [1.82, 2.24) is 4.90 Å². The maximum absolute atomic E-state index is 12.1. The Labute approximate surface area is 112 Å². The summed E-state index contributed by atoms with van der Waals surface area (Å²) in [6.07, 6.45) is -1.25. The van der Waals surface area contributed by atoms with Crippen molar-refractivity contribution >= 4 is 12.1 Å². The molecule has 1 saturated heterocycles. The van der Waals surface area contributed by atoms with Crippen LogP contribution in [0.25, 0.3) is 0 Å². The third-order valence-electron chi connectivity index (χ3n) is 2.54. The highest BCUT2D eigenvalue weighted by molar-refractivity contribution is 5.81. The van der Waals surface area contributed by atoms with Gasteiger partial charge in [-0.05, 0) is 20.8 Å². The van der Waals surface area contributed by atoms with Crippen LogP contribution in [0.3, 0.4) is 0 Å². The van der Waals surface area contributed by atoms with Crippen molar-refractivity contribution in [3.63, 3.8) is 0 Å². The SMILES string of the molecule is CC(C)(C)OC(=O)N1CC(=O)OC1c1ccccc1. The van der Waals surface area contributed by atoms with Crippen LogP contribution >= 0.6 is 0 Å². The molecule has 1 aliphatic heterocycles. The van der Waals surface area contributed by atoms with Gasteiger partial charge in [-0.15, -0.1) is 0 Å². The van der Waals surface area contributed by atoms with Gasteiger partial charge in [0.1, 0.15) is 12.1 Å². The first-order chi connectivity index (χ1) is 8.87. The molecule has 0 bridgehead atoms. The number of rotatable bonds is 1. The number of benzene rings is 1. The van der Waals surface area contributed by atoms with E-state index in [0.29, 0.717) is 0 Å². The number of ether oxygens (including phenoxy) is 2. The van der Waals surface area contributed by atoms with Crippen molar-refractivity contribution in [2.45, 2.75) is 32.6 Å². The minimum absolute atomic E-state index is 0.0888. The first-order valence-electron chi connectivity index (χ1n) is 6.11. The normalized spacial score (nSPS) is 19.2. The molecular formula is C14H17NO4. The molecule has 1 heterocycles. The lowest BCUT2D eigenvalue weighted by Crippen LogP contribution is -2.37. The van der Waals surface area contributed by atoms with Gasteiger partial charge in [-0.1, -0.05) is 30.3 Å². The predicted molar refractivity (Wildman–Crippen MR) is 68.2 cm³/mol. The third kappa shape index (κ3) is 3.24. The minimum Gasteiger partial charge on any atom is -0.444 e. The van der Waals surface area contributed by atoms with Gasteiger partial charge in [-0.2, -0.15) is 0 Å². The molecule has 5 nitrogen and oxygen atoms in total. The summed E-state index contributed by atoms with van der Waals surface area (Å²) in [5.74, 6) is -0.431. The second-order valence-corrected chi connectivity index (χ2v) is 5.36. The van der Waals surface area contributed by atoms with Crippen LogP contribution in [-0.2, 0) is 14.3 Å². The molecule has 0 saturated carbocycles. The van der Waals surface area contributed by atoms with Gasteiger partial charge in [-0.3, -0.25) is 9.69 Å². The molecule has 19 heavy (non-hydrogen) atoms. The van der Waals surface area contributed by atoms with Crippen molar-refractivity contribution in [3.05, 3.63) is 35.9 Å². The molecule has 5 heteroatoms. The molecule has 0 aromatic heterocycles. The van der Waals surface area contributed by atoms with E-state index < -0.39 is 23.9 Å². The van der Waals surface area contributed by atoms with Crippen LogP contribution in [0, 0.1) is 0 Å². The Morgan fingerprint density at radius 2 is 1.95 bits per heavy atom. The van der Waals surface area contributed by atoms with Gasteiger partial charge < -0.3 is 9.47 Å². The highest BCUT2D eigenvalue weighted by Gasteiger charge is 2.39. The first kappa shape index (κ1) is 13.4. The zero-order chi connectivity index (χ0) is 14.0. The summed E-state index contributed by atoms with van der Waals surface area (Å²) in [7, 11) is 0. The Morgan fingerprint density at radius 1 is 1.32 bits per heavy atom. The molecule has 1 aromatic rings.